The second kappa shape index (κ2) is 8.95. The van der Waals surface area contributed by atoms with Crippen LogP contribution in [0.3, 0.4) is 0 Å². The van der Waals surface area contributed by atoms with E-state index in [0.717, 1.165) is 0 Å². The molecule has 2 rings (SSSR count). The fourth-order valence-electron chi connectivity index (χ4n) is 3.09. The Hall–Kier alpha value is -1.74. The van der Waals surface area contributed by atoms with Gasteiger partial charge in [0.15, 0.2) is 6.29 Å². The van der Waals surface area contributed by atoms with Gasteiger partial charge in [-0.3, -0.25) is 4.90 Å². The lowest BCUT2D eigenvalue weighted by molar-refractivity contribution is -0.174. The van der Waals surface area contributed by atoms with E-state index in [1.54, 1.807) is 27.7 Å². The molecule has 0 aliphatic carbocycles. The monoisotopic (exact) mass is 415 g/mol. The Bertz CT molecular complexity index is 682. The molecule has 166 valence electrons. The molecule has 2 heterocycles. The minimum Gasteiger partial charge on any atom is -0.444 e. The standard InChI is InChI=1S/C20H34FN3O5/c1-9-26-12(2)27-15(16-22-17(29-23-16)19(3,4)5)14-10-13(21)11-24(14)18(25)28-20(6,7)8/h12-15H,9-11H2,1-8H3/t12?,13-,14-,15?/m0/s1. The number of aromatic nitrogens is 2. The largest absolute Gasteiger partial charge is 0.444 e. The van der Waals surface area contributed by atoms with Crippen molar-refractivity contribution < 1.29 is 27.9 Å². The molecular weight excluding hydrogens is 381 g/mol. The van der Waals surface area contributed by atoms with Gasteiger partial charge in [-0.05, 0) is 34.6 Å². The molecule has 4 atom stereocenters. The van der Waals surface area contributed by atoms with E-state index in [4.69, 9.17) is 18.7 Å². The van der Waals surface area contributed by atoms with Crippen molar-refractivity contribution in [3.8, 4) is 0 Å². The van der Waals surface area contributed by atoms with Crippen LogP contribution in [0.2, 0.25) is 0 Å². The topological polar surface area (TPSA) is 86.9 Å². The Kier molecular flexibility index (Phi) is 7.27. The molecule has 0 spiro atoms. The van der Waals surface area contributed by atoms with Gasteiger partial charge in [-0.1, -0.05) is 25.9 Å². The molecule has 0 N–H and O–H groups in total. The summed E-state index contributed by atoms with van der Waals surface area (Å²) in [4.78, 5) is 18.5. The van der Waals surface area contributed by atoms with Crippen LogP contribution in [0.1, 0.15) is 79.6 Å². The van der Waals surface area contributed by atoms with E-state index in [1.807, 2.05) is 27.7 Å². The molecule has 1 saturated heterocycles. The van der Waals surface area contributed by atoms with Crippen molar-refractivity contribution in [3.05, 3.63) is 11.7 Å². The number of amides is 1. The summed E-state index contributed by atoms with van der Waals surface area (Å²) in [5, 5.41) is 4.07. The lowest BCUT2D eigenvalue weighted by Crippen LogP contribution is -2.44. The molecule has 1 aliphatic heterocycles. The van der Waals surface area contributed by atoms with Gasteiger partial charge < -0.3 is 18.7 Å². The highest BCUT2D eigenvalue weighted by Gasteiger charge is 2.45. The molecule has 8 nitrogen and oxygen atoms in total. The third kappa shape index (κ3) is 6.37. The van der Waals surface area contributed by atoms with Gasteiger partial charge in [0.2, 0.25) is 11.7 Å². The Morgan fingerprint density at radius 3 is 2.48 bits per heavy atom. The second-order valence-electron chi connectivity index (χ2n) is 9.32. The molecule has 0 bridgehead atoms. The first-order valence-electron chi connectivity index (χ1n) is 10.1. The van der Waals surface area contributed by atoms with Crippen molar-refractivity contribution >= 4 is 6.09 Å². The maximum Gasteiger partial charge on any atom is 0.410 e. The molecule has 1 aromatic rings. The maximum atomic E-state index is 14.4. The van der Waals surface area contributed by atoms with Gasteiger partial charge in [-0.15, -0.1) is 0 Å². The first kappa shape index (κ1) is 23.5. The predicted octanol–water partition coefficient (Wildman–Crippen LogP) is 4.15. The van der Waals surface area contributed by atoms with Crippen LogP contribution in [0, 0.1) is 0 Å². The van der Waals surface area contributed by atoms with Crippen molar-refractivity contribution in [1.82, 2.24) is 15.0 Å². The Balaban J connectivity index is 2.35. The SMILES string of the molecule is CCOC(C)OC(c1noc(C(C)(C)C)n1)[C@@H]1C[C@H](F)CN1C(=O)OC(C)(C)C. The highest BCUT2D eigenvalue weighted by molar-refractivity contribution is 5.69. The lowest BCUT2D eigenvalue weighted by atomic mass is 9.97. The average Bonchev–Trinajstić information content (AvgIpc) is 3.18. The normalized spacial score (nSPS) is 22.6. The number of nitrogens with zero attached hydrogens (tertiary/aromatic N) is 3. The van der Waals surface area contributed by atoms with Crippen LogP contribution >= 0.6 is 0 Å². The summed E-state index contributed by atoms with van der Waals surface area (Å²) < 4.78 is 36.8. The number of ether oxygens (including phenoxy) is 3. The highest BCUT2D eigenvalue weighted by Crippen LogP contribution is 2.35. The van der Waals surface area contributed by atoms with Crippen molar-refractivity contribution in [1.29, 1.82) is 0 Å². The van der Waals surface area contributed by atoms with Crippen LogP contribution in [0.5, 0.6) is 0 Å². The van der Waals surface area contributed by atoms with Crippen LogP contribution in [-0.4, -0.2) is 58.4 Å². The fourth-order valence-corrected chi connectivity index (χ4v) is 3.09. The third-order valence-electron chi connectivity index (χ3n) is 4.35. The number of carbonyl (C=O) groups is 1. The van der Waals surface area contributed by atoms with E-state index in [9.17, 15) is 9.18 Å². The van der Waals surface area contributed by atoms with E-state index < -0.39 is 36.3 Å². The van der Waals surface area contributed by atoms with Gasteiger partial charge in [0, 0.05) is 18.4 Å². The molecule has 9 heteroatoms. The van der Waals surface area contributed by atoms with Crippen LogP contribution in [0.25, 0.3) is 0 Å². The van der Waals surface area contributed by atoms with Crippen molar-refractivity contribution in [2.75, 3.05) is 13.2 Å². The molecule has 1 aliphatic rings. The van der Waals surface area contributed by atoms with E-state index in [1.165, 1.54) is 4.90 Å². The molecule has 2 unspecified atom stereocenters. The quantitative estimate of drug-likeness (QED) is 0.645. The number of hydrogen-bond acceptors (Lipinski definition) is 7. The smallest absolute Gasteiger partial charge is 0.410 e. The third-order valence-corrected chi connectivity index (χ3v) is 4.35. The molecule has 1 amide bonds. The van der Waals surface area contributed by atoms with Gasteiger partial charge in [0.1, 0.15) is 17.9 Å². The lowest BCUT2D eigenvalue weighted by Gasteiger charge is -2.32. The van der Waals surface area contributed by atoms with Gasteiger partial charge in [-0.25, -0.2) is 9.18 Å². The van der Waals surface area contributed by atoms with Gasteiger partial charge in [0.25, 0.3) is 0 Å². The summed E-state index contributed by atoms with van der Waals surface area (Å²) in [6, 6.07) is -0.645. The highest BCUT2D eigenvalue weighted by atomic mass is 19.1. The average molecular weight is 416 g/mol. The summed E-state index contributed by atoms with van der Waals surface area (Å²) in [5.41, 5.74) is -1.05. The van der Waals surface area contributed by atoms with Crippen LogP contribution in [0.15, 0.2) is 4.52 Å². The molecular formula is C20H34FN3O5. The Morgan fingerprint density at radius 1 is 1.31 bits per heavy atom. The van der Waals surface area contributed by atoms with Crippen molar-refractivity contribution in [3.63, 3.8) is 0 Å². The van der Waals surface area contributed by atoms with E-state index in [-0.39, 0.29) is 24.2 Å². The van der Waals surface area contributed by atoms with Crippen molar-refractivity contribution in [2.24, 2.45) is 0 Å². The minimum atomic E-state index is -1.20. The predicted molar refractivity (Wildman–Crippen MR) is 104 cm³/mol. The first-order valence-corrected chi connectivity index (χ1v) is 10.1. The second-order valence-corrected chi connectivity index (χ2v) is 9.32. The van der Waals surface area contributed by atoms with Crippen LogP contribution < -0.4 is 0 Å². The number of halogens is 1. The molecule has 0 radical (unpaired) electrons. The number of alkyl halides is 1. The zero-order valence-corrected chi connectivity index (χ0v) is 18.7. The zero-order valence-electron chi connectivity index (χ0n) is 18.7. The van der Waals surface area contributed by atoms with Crippen LogP contribution in [-0.2, 0) is 19.6 Å². The van der Waals surface area contributed by atoms with Gasteiger partial charge in [-0.2, -0.15) is 4.98 Å². The maximum absolute atomic E-state index is 14.4. The number of likely N-dealkylation sites (tertiary alicyclic amines) is 1. The summed E-state index contributed by atoms with van der Waals surface area (Å²) in [5.74, 6) is 0.693. The van der Waals surface area contributed by atoms with Gasteiger partial charge >= 0.3 is 6.09 Å². The van der Waals surface area contributed by atoms with Gasteiger partial charge in [0.05, 0.1) is 12.6 Å². The number of carbonyl (C=O) groups excluding carboxylic acids is 1. The number of rotatable bonds is 6. The van der Waals surface area contributed by atoms with Crippen LogP contribution in [0.4, 0.5) is 9.18 Å². The number of hydrogen-bond donors (Lipinski definition) is 0. The van der Waals surface area contributed by atoms with Crippen molar-refractivity contribution in [2.45, 2.75) is 97.4 Å². The Labute approximate surface area is 172 Å². The fraction of sp³-hybridized carbons (Fsp3) is 0.850. The van der Waals surface area contributed by atoms with E-state index in [0.29, 0.717) is 12.5 Å². The summed E-state index contributed by atoms with van der Waals surface area (Å²) in [7, 11) is 0. The zero-order chi connectivity index (χ0) is 22.0. The minimum absolute atomic E-state index is 0.0769. The summed E-state index contributed by atoms with van der Waals surface area (Å²) >= 11 is 0. The molecule has 29 heavy (non-hydrogen) atoms. The molecule has 1 aromatic heterocycles. The Morgan fingerprint density at radius 2 is 1.97 bits per heavy atom. The molecule has 0 saturated carbocycles. The molecule has 0 aromatic carbocycles. The molecule has 1 fully saturated rings. The first-order chi connectivity index (χ1) is 13.3. The summed E-state index contributed by atoms with van der Waals surface area (Å²) in [6.45, 7) is 15.1. The summed E-state index contributed by atoms with van der Waals surface area (Å²) in [6.07, 6.45) is -3.12. The van der Waals surface area contributed by atoms with E-state index in [2.05, 4.69) is 10.1 Å². The van der Waals surface area contributed by atoms with E-state index >= 15 is 0 Å².